The van der Waals surface area contributed by atoms with Crippen molar-refractivity contribution in [3.05, 3.63) is 52.6 Å². The number of fused-ring (bicyclic) bond motifs is 1. The first-order valence-corrected chi connectivity index (χ1v) is 12.7. The average molecular weight is 471 g/mol. The van der Waals surface area contributed by atoms with E-state index in [2.05, 4.69) is 15.0 Å². The highest BCUT2D eigenvalue weighted by Gasteiger charge is 2.33. The number of aliphatic carboxylic acids is 1. The molecule has 0 bridgehead atoms. The normalized spacial score (nSPS) is 16.5. The second-order valence-electron chi connectivity index (χ2n) is 8.28. The zero-order valence-electron chi connectivity index (χ0n) is 19.0. The van der Waals surface area contributed by atoms with Gasteiger partial charge < -0.3 is 5.11 Å². The Hall–Kier alpha value is -2.85. The first kappa shape index (κ1) is 23.3. The number of nitrogens with one attached hydrogen (secondary N) is 1. The number of rotatable bonds is 9. The highest BCUT2D eigenvalue weighted by atomic mass is 32.2. The van der Waals surface area contributed by atoms with E-state index >= 15 is 0 Å². The highest BCUT2D eigenvalue weighted by molar-refractivity contribution is 7.98. The van der Waals surface area contributed by atoms with Crippen molar-refractivity contribution < 1.29 is 9.90 Å². The van der Waals surface area contributed by atoms with Gasteiger partial charge in [-0.1, -0.05) is 36.8 Å². The summed E-state index contributed by atoms with van der Waals surface area (Å²) >= 11 is 1.62. The summed E-state index contributed by atoms with van der Waals surface area (Å²) in [5, 5.41) is 14.0. The number of carbonyl (C=O) groups is 1. The monoisotopic (exact) mass is 470 g/mol. The molecule has 2 aromatic heterocycles. The van der Waals surface area contributed by atoms with Crippen LogP contribution in [0.5, 0.6) is 0 Å². The molecule has 3 aromatic rings. The average Bonchev–Trinajstić information content (AvgIpc) is 3.17. The van der Waals surface area contributed by atoms with E-state index in [-0.39, 0.29) is 11.7 Å². The third-order valence-electron chi connectivity index (χ3n) is 6.13. The van der Waals surface area contributed by atoms with E-state index in [4.69, 9.17) is 4.98 Å². The lowest BCUT2D eigenvalue weighted by atomic mass is 10.1. The summed E-state index contributed by atoms with van der Waals surface area (Å²) in [6.45, 7) is 3.48. The van der Waals surface area contributed by atoms with Crippen LogP contribution in [0.25, 0.3) is 11.3 Å². The van der Waals surface area contributed by atoms with E-state index in [0.717, 1.165) is 43.7 Å². The zero-order valence-corrected chi connectivity index (χ0v) is 19.8. The lowest BCUT2D eigenvalue weighted by Crippen LogP contribution is -2.54. The van der Waals surface area contributed by atoms with Crippen LogP contribution >= 0.6 is 11.8 Å². The third kappa shape index (κ3) is 4.91. The number of aromatic amines is 1. The molecule has 0 amide bonds. The summed E-state index contributed by atoms with van der Waals surface area (Å²) in [5.41, 5.74) is 1.50. The number of carboxylic acids is 1. The highest BCUT2D eigenvalue weighted by Crippen LogP contribution is 2.26. The van der Waals surface area contributed by atoms with Crippen molar-refractivity contribution in [1.82, 2.24) is 24.5 Å². The lowest BCUT2D eigenvalue weighted by Gasteiger charge is -2.41. The number of thioether (sulfide) groups is 1. The van der Waals surface area contributed by atoms with Gasteiger partial charge in [0.25, 0.3) is 0 Å². The Labute approximate surface area is 196 Å². The molecule has 1 saturated heterocycles. The van der Waals surface area contributed by atoms with Crippen LogP contribution in [0.2, 0.25) is 0 Å². The summed E-state index contributed by atoms with van der Waals surface area (Å²) in [6, 6.07) is 8.73. The van der Waals surface area contributed by atoms with Gasteiger partial charge in [-0.05, 0) is 43.8 Å². The molecule has 176 valence electrons. The van der Waals surface area contributed by atoms with Gasteiger partial charge in [-0.25, -0.2) is 24.6 Å². The fraction of sp³-hybridized carbons (Fsp3) is 0.478. The molecule has 3 heterocycles. The molecule has 1 unspecified atom stereocenters. The molecule has 0 aliphatic carbocycles. The van der Waals surface area contributed by atoms with Gasteiger partial charge in [0.1, 0.15) is 6.04 Å². The summed E-state index contributed by atoms with van der Waals surface area (Å²) < 4.78 is 1.59. The van der Waals surface area contributed by atoms with Gasteiger partial charge in [0, 0.05) is 13.1 Å². The first-order valence-electron chi connectivity index (χ1n) is 11.3. The number of carboxylic acid groups (broad SMARTS) is 1. The van der Waals surface area contributed by atoms with Crippen molar-refractivity contribution in [1.29, 1.82) is 0 Å². The van der Waals surface area contributed by atoms with Crippen molar-refractivity contribution in [3.8, 4) is 0 Å². The van der Waals surface area contributed by atoms with Gasteiger partial charge in [-0.15, -0.1) is 0 Å². The summed E-state index contributed by atoms with van der Waals surface area (Å²) in [5.74, 6) is 0.281. The van der Waals surface area contributed by atoms with E-state index in [9.17, 15) is 14.7 Å². The quantitative estimate of drug-likeness (QED) is 0.491. The Morgan fingerprint density at radius 1 is 1.24 bits per heavy atom. The van der Waals surface area contributed by atoms with Gasteiger partial charge in [0.2, 0.25) is 0 Å². The van der Waals surface area contributed by atoms with Crippen molar-refractivity contribution in [3.63, 3.8) is 0 Å². The van der Waals surface area contributed by atoms with Crippen molar-refractivity contribution in [2.75, 3.05) is 30.1 Å². The van der Waals surface area contributed by atoms with E-state index in [1.165, 1.54) is 0 Å². The fourth-order valence-electron chi connectivity index (χ4n) is 4.41. The van der Waals surface area contributed by atoms with E-state index in [1.807, 2.05) is 43.5 Å². The van der Waals surface area contributed by atoms with Crippen LogP contribution < -0.4 is 10.7 Å². The zero-order chi connectivity index (χ0) is 23.4. The molecule has 1 aromatic carbocycles. The summed E-state index contributed by atoms with van der Waals surface area (Å²) in [7, 11) is 0. The van der Waals surface area contributed by atoms with Gasteiger partial charge in [-0.2, -0.15) is 11.8 Å². The number of hydrazine groups is 1. The van der Waals surface area contributed by atoms with Crippen LogP contribution in [0.3, 0.4) is 0 Å². The number of anilines is 1. The van der Waals surface area contributed by atoms with Gasteiger partial charge in [-0.3, -0.25) is 14.6 Å². The molecule has 0 radical (unpaired) electrons. The minimum Gasteiger partial charge on any atom is -0.480 e. The number of nitrogens with zero attached hydrogens (tertiary/aromatic N) is 5. The second-order valence-corrected chi connectivity index (χ2v) is 9.27. The smallest absolute Gasteiger partial charge is 0.329 e. The van der Waals surface area contributed by atoms with Crippen molar-refractivity contribution in [2.45, 2.75) is 44.7 Å². The van der Waals surface area contributed by atoms with Crippen molar-refractivity contribution >= 4 is 34.8 Å². The number of hydrogen-bond donors (Lipinski definition) is 2. The number of hydrogen-bond acceptors (Lipinski definition) is 7. The summed E-state index contributed by atoms with van der Waals surface area (Å²) in [4.78, 5) is 37.2. The molecule has 2 N–H and O–H groups in total. The van der Waals surface area contributed by atoms with Crippen LogP contribution in [0.1, 0.15) is 44.2 Å². The largest absolute Gasteiger partial charge is 0.480 e. The Kier molecular flexibility index (Phi) is 7.34. The van der Waals surface area contributed by atoms with Crippen molar-refractivity contribution in [2.24, 2.45) is 0 Å². The number of benzene rings is 1. The van der Waals surface area contributed by atoms with Crippen LogP contribution in [0.15, 0.2) is 41.3 Å². The molecule has 0 saturated carbocycles. The first-order chi connectivity index (χ1) is 16.0. The minimum absolute atomic E-state index is 0.257. The number of aromatic nitrogens is 4. The predicted molar refractivity (Wildman–Crippen MR) is 131 cm³/mol. The molecular weight excluding hydrogens is 440 g/mol. The fourth-order valence-corrected chi connectivity index (χ4v) is 4.87. The number of H-pyrrole nitrogens is 1. The van der Waals surface area contributed by atoms with Gasteiger partial charge in [0.05, 0.1) is 12.2 Å². The maximum absolute atomic E-state index is 12.8. The molecule has 9 nitrogen and oxygen atoms in total. The van der Waals surface area contributed by atoms with Crippen LogP contribution in [-0.4, -0.2) is 66.7 Å². The molecule has 0 spiro atoms. The Morgan fingerprint density at radius 3 is 2.64 bits per heavy atom. The lowest BCUT2D eigenvalue weighted by molar-refractivity contribution is -0.139. The molecular formula is C23H30N6O3S. The van der Waals surface area contributed by atoms with Crippen LogP contribution in [0.4, 0.5) is 5.82 Å². The van der Waals surface area contributed by atoms with Gasteiger partial charge in [0.15, 0.2) is 17.1 Å². The number of imidazole rings is 1. The van der Waals surface area contributed by atoms with E-state index in [0.29, 0.717) is 23.5 Å². The maximum Gasteiger partial charge on any atom is 0.329 e. The van der Waals surface area contributed by atoms with E-state index in [1.54, 1.807) is 27.5 Å². The molecule has 1 aliphatic heterocycles. The molecule has 33 heavy (non-hydrogen) atoms. The topological polar surface area (TPSA) is 107 Å². The molecule has 4 rings (SSSR count). The van der Waals surface area contributed by atoms with E-state index < -0.39 is 12.0 Å². The predicted octanol–water partition coefficient (Wildman–Crippen LogP) is 3.14. The Balaban J connectivity index is 1.81. The Bertz CT molecular complexity index is 1140. The van der Waals surface area contributed by atoms with Crippen LogP contribution in [-0.2, 0) is 4.79 Å². The molecule has 2 atom stereocenters. The molecule has 10 heteroatoms. The molecule has 1 aliphatic rings. The van der Waals surface area contributed by atoms with Crippen LogP contribution in [0, 0.1) is 0 Å². The summed E-state index contributed by atoms with van der Waals surface area (Å²) in [6.07, 6.45) is 7.15. The minimum atomic E-state index is -0.888. The maximum atomic E-state index is 12.8. The second kappa shape index (κ2) is 10.4. The standard InChI is InChI=1S/C23H30N6O3S/c1-16(17-9-5-3-6-10-17)28-21-20(26-23(28)32)24-15-19(25-21)29(27-12-7-4-8-13-27)18(22(30)31)11-14-33-2/h3,5-6,9-10,15-16,18H,4,7-8,11-14H2,1-2H3,(H,30,31)(H,24,26,32)/t16?,18-/m0/s1. The third-order valence-corrected chi connectivity index (χ3v) is 6.77. The van der Waals surface area contributed by atoms with Gasteiger partial charge >= 0.3 is 11.7 Å². The molecule has 1 fully saturated rings. The SMILES string of the molecule is CSCC[C@@H](C(=O)O)N(c1cnc2[nH]c(=O)n(C(C)c3ccccc3)c2n1)N1CCCCC1. The Morgan fingerprint density at radius 2 is 1.97 bits per heavy atom. The number of piperidine rings is 1.